The zero-order valence-electron chi connectivity index (χ0n) is 17.6. The average Bonchev–Trinajstić information content (AvgIpc) is 3.16. The molecule has 0 atom stereocenters. The molecule has 0 aliphatic heterocycles. The Bertz CT molecular complexity index is 1300. The van der Waals surface area contributed by atoms with Crippen LogP contribution in [-0.2, 0) is 11.4 Å². The molecule has 2 amide bonds. The fraction of sp³-hybridized carbons (Fsp3) is 0.125. The van der Waals surface area contributed by atoms with E-state index in [0.29, 0.717) is 23.6 Å². The Morgan fingerprint density at radius 2 is 1.81 bits per heavy atom. The largest absolute Gasteiger partial charge is 0.487 e. The van der Waals surface area contributed by atoms with Crippen LogP contribution in [0.4, 0.5) is 15.8 Å². The van der Waals surface area contributed by atoms with Gasteiger partial charge in [-0.1, -0.05) is 6.07 Å². The zero-order chi connectivity index (χ0) is 22.7. The van der Waals surface area contributed by atoms with Crippen molar-refractivity contribution in [3.63, 3.8) is 0 Å². The molecule has 8 heteroatoms. The number of benzene rings is 2. The van der Waals surface area contributed by atoms with Crippen molar-refractivity contribution >= 4 is 28.8 Å². The second-order valence-electron chi connectivity index (χ2n) is 7.35. The molecule has 0 saturated heterocycles. The van der Waals surface area contributed by atoms with E-state index in [1.807, 2.05) is 35.9 Å². The summed E-state index contributed by atoms with van der Waals surface area (Å²) in [7, 11) is 0. The summed E-state index contributed by atoms with van der Waals surface area (Å²) < 4.78 is 21.5. The minimum atomic E-state index is -0.583. The number of rotatable bonds is 6. The maximum absolute atomic E-state index is 13.8. The molecule has 2 aromatic heterocycles. The molecule has 0 spiro atoms. The van der Waals surface area contributed by atoms with Crippen molar-refractivity contribution in [3.8, 4) is 5.75 Å². The summed E-state index contributed by atoms with van der Waals surface area (Å²) in [5.74, 6) is -0.751. The number of ether oxygens (including phenoxy) is 1. The summed E-state index contributed by atoms with van der Waals surface area (Å²) in [4.78, 5) is 28.2. The van der Waals surface area contributed by atoms with Gasteiger partial charge < -0.3 is 19.8 Å². The Labute approximate surface area is 183 Å². The number of fused-ring (bicyclic) bond motifs is 1. The summed E-state index contributed by atoms with van der Waals surface area (Å²) in [6, 6.07) is 14.6. The van der Waals surface area contributed by atoms with Gasteiger partial charge >= 0.3 is 0 Å². The van der Waals surface area contributed by atoms with Crippen LogP contribution < -0.4 is 15.4 Å². The highest BCUT2D eigenvalue weighted by atomic mass is 19.1. The highest BCUT2D eigenvalue weighted by Crippen LogP contribution is 2.21. The summed E-state index contributed by atoms with van der Waals surface area (Å²) in [5, 5.41) is 5.07. The number of pyridine rings is 1. The van der Waals surface area contributed by atoms with Crippen molar-refractivity contribution in [3.05, 3.63) is 89.6 Å². The van der Waals surface area contributed by atoms with Gasteiger partial charge in [0.05, 0.1) is 11.4 Å². The molecule has 4 rings (SSSR count). The second kappa shape index (κ2) is 8.89. The normalized spacial score (nSPS) is 10.7. The van der Waals surface area contributed by atoms with Crippen molar-refractivity contribution in [2.24, 2.45) is 0 Å². The van der Waals surface area contributed by atoms with Crippen LogP contribution in [0.5, 0.6) is 5.75 Å². The smallest absolute Gasteiger partial charge is 0.255 e. The Morgan fingerprint density at radius 3 is 2.56 bits per heavy atom. The molecule has 162 valence electrons. The van der Waals surface area contributed by atoms with Crippen molar-refractivity contribution in [1.82, 2.24) is 9.38 Å². The molecule has 0 saturated carbocycles. The number of hydrogen-bond acceptors (Lipinski definition) is 4. The lowest BCUT2D eigenvalue weighted by molar-refractivity contribution is -0.114. The fourth-order valence-corrected chi connectivity index (χ4v) is 3.18. The third kappa shape index (κ3) is 4.92. The molecule has 0 aliphatic rings. The van der Waals surface area contributed by atoms with E-state index in [2.05, 4.69) is 15.6 Å². The Kier molecular flexibility index (Phi) is 5.85. The van der Waals surface area contributed by atoms with E-state index in [1.54, 1.807) is 24.3 Å². The molecule has 0 bridgehead atoms. The van der Waals surface area contributed by atoms with Crippen LogP contribution in [-0.4, -0.2) is 21.2 Å². The number of nitrogens with zero attached hydrogens (tertiary/aromatic N) is 2. The number of anilines is 2. The zero-order valence-corrected chi connectivity index (χ0v) is 17.6. The minimum Gasteiger partial charge on any atom is -0.487 e. The number of carbonyl (C=O) groups is 2. The van der Waals surface area contributed by atoms with Crippen LogP contribution in [0.25, 0.3) is 5.65 Å². The lowest BCUT2D eigenvalue weighted by Crippen LogP contribution is -2.13. The first-order chi connectivity index (χ1) is 15.4. The maximum Gasteiger partial charge on any atom is 0.255 e. The van der Waals surface area contributed by atoms with E-state index in [-0.39, 0.29) is 11.6 Å². The van der Waals surface area contributed by atoms with Gasteiger partial charge in [0.1, 0.15) is 23.8 Å². The quantitative estimate of drug-likeness (QED) is 0.467. The molecule has 4 aromatic rings. The van der Waals surface area contributed by atoms with Crippen LogP contribution >= 0.6 is 0 Å². The maximum atomic E-state index is 13.8. The molecule has 7 nitrogen and oxygen atoms in total. The van der Waals surface area contributed by atoms with E-state index >= 15 is 0 Å². The number of aryl methyl sites for hydroxylation is 1. The molecule has 32 heavy (non-hydrogen) atoms. The molecular weight excluding hydrogens is 411 g/mol. The first-order valence-corrected chi connectivity index (χ1v) is 9.93. The molecule has 0 aliphatic carbocycles. The highest BCUT2D eigenvalue weighted by Gasteiger charge is 2.10. The van der Waals surface area contributed by atoms with Crippen LogP contribution in [0.15, 0.2) is 67.0 Å². The number of nitrogens with one attached hydrogen (secondary N) is 2. The van der Waals surface area contributed by atoms with Crippen molar-refractivity contribution in [2.45, 2.75) is 20.5 Å². The first-order valence-electron chi connectivity index (χ1n) is 9.93. The van der Waals surface area contributed by atoms with Gasteiger partial charge in [-0.2, -0.15) is 0 Å². The van der Waals surface area contributed by atoms with Crippen LogP contribution in [0.3, 0.4) is 0 Å². The average molecular weight is 432 g/mol. The third-order valence-electron chi connectivity index (χ3n) is 4.69. The number of hydrogen-bond donors (Lipinski definition) is 2. The number of carbonyl (C=O) groups excluding carboxylic acids is 2. The lowest BCUT2D eigenvalue weighted by atomic mass is 10.2. The number of amides is 2. The van der Waals surface area contributed by atoms with Gasteiger partial charge in [-0.25, -0.2) is 9.37 Å². The molecular formula is C24H21FN4O3. The van der Waals surface area contributed by atoms with Crippen LogP contribution in [0, 0.1) is 12.7 Å². The predicted octanol–water partition coefficient (Wildman–Crippen LogP) is 4.57. The molecule has 2 aromatic carbocycles. The van der Waals surface area contributed by atoms with Gasteiger partial charge in [0.2, 0.25) is 5.91 Å². The summed E-state index contributed by atoms with van der Waals surface area (Å²) >= 11 is 0. The van der Waals surface area contributed by atoms with Crippen LogP contribution in [0.2, 0.25) is 0 Å². The van der Waals surface area contributed by atoms with E-state index in [9.17, 15) is 14.0 Å². The standard InChI is InChI=1S/C24H21FN4O3/c1-15-3-10-23-27-19(13-29(23)12-15)14-32-20-7-4-17(5-8-20)24(31)28-18-6-9-21(25)22(11-18)26-16(2)30/h3-13H,14H2,1-2H3,(H,26,30)(H,28,31). The number of aromatic nitrogens is 2. The van der Waals surface area contributed by atoms with Gasteiger partial charge in [0.15, 0.2) is 0 Å². The van der Waals surface area contributed by atoms with Gasteiger partial charge in [-0.05, 0) is 61.0 Å². The predicted molar refractivity (Wildman–Crippen MR) is 119 cm³/mol. The molecule has 2 heterocycles. The SMILES string of the molecule is CC(=O)Nc1cc(NC(=O)c2ccc(OCc3cn4cc(C)ccc4n3)cc2)ccc1F. The summed E-state index contributed by atoms with van der Waals surface area (Å²) in [6.45, 7) is 3.60. The molecule has 0 radical (unpaired) electrons. The fourth-order valence-electron chi connectivity index (χ4n) is 3.18. The van der Waals surface area contributed by atoms with Gasteiger partial charge in [-0.3, -0.25) is 9.59 Å². The minimum absolute atomic E-state index is 0.00107. The Hall–Kier alpha value is -4.20. The van der Waals surface area contributed by atoms with E-state index in [0.717, 1.165) is 16.9 Å². The third-order valence-corrected chi connectivity index (χ3v) is 4.69. The van der Waals surface area contributed by atoms with Crippen molar-refractivity contribution in [1.29, 1.82) is 0 Å². The Morgan fingerprint density at radius 1 is 1.03 bits per heavy atom. The van der Waals surface area contributed by atoms with Gasteiger partial charge in [0, 0.05) is 30.6 Å². The van der Waals surface area contributed by atoms with E-state index in [1.165, 1.54) is 25.1 Å². The van der Waals surface area contributed by atoms with Gasteiger partial charge in [0.25, 0.3) is 5.91 Å². The van der Waals surface area contributed by atoms with E-state index < -0.39 is 11.7 Å². The topological polar surface area (TPSA) is 84.7 Å². The molecule has 2 N–H and O–H groups in total. The van der Waals surface area contributed by atoms with Crippen molar-refractivity contribution in [2.75, 3.05) is 10.6 Å². The summed E-state index contributed by atoms with van der Waals surface area (Å²) in [5.41, 5.74) is 3.56. The lowest BCUT2D eigenvalue weighted by Gasteiger charge is -2.10. The Balaban J connectivity index is 1.38. The summed E-state index contributed by atoms with van der Waals surface area (Å²) in [6.07, 6.45) is 3.92. The molecule has 0 unspecified atom stereocenters. The number of imidazole rings is 1. The van der Waals surface area contributed by atoms with Crippen molar-refractivity contribution < 1.29 is 18.7 Å². The van der Waals surface area contributed by atoms with Crippen LogP contribution in [0.1, 0.15) is 28.5 Å². The first kappa shape index (κ1) is 21.0. The van der Waals surface area contributed by atoms with E-state index in [4.69, 9.17) is 4.74 Å². The van der Waals surface area contributed by atoms with Gasteiger partial charge in [-0.15, -0.1) is 0 Å². The highest BCUT2D eigenvalue weighted by molar-refractivity contribution is 6.04. The second-order valence-corrected chi connectivity index (χ2v) is 7.35. The number of halogens is 1. The monoisotopic (exact) mass is 432 g/mol. The molecule has 0 fully saturated rings.